The number of ether oxygens (including phenoxy) is 1. The molecule has 7 heteroatoms. The molecule has 0 saturated heterocycles. The number of carbonyl (C=O) groups is 3. The van der Waals surface area contributed by atoms with Crippen molar-refractivity contribution in [1.82, 2.24) is 4.90 Å². The summed E-state index contributed by atoms with van der Waals surface area (Å²) in [4.78, 5) is 37.9. The van der Waals surface area contributed by atoms with Crippen LogP contribution in [0.4, 0.5) is 5.69 Å². The van der Waals surface area contributed by atoms with Gasteiger partial charge in [-0.1, -0.05) is 18.2 Å². The number of hydrogen-bond acceptors (Lipinski definition) is 5. The first-order valence-corrected chi connectivity index (χ1v) is 8.66. The molecule has 0 saturated carbocycles. The molecule has 1 aliphatic rings. The molecule has 1 aromatic heterocycles. The normalized spacial score (nSPS) is 12.8. The molecule has 7 nitrogen and oxygen atoms in total. The summed E-state index contributed by atoms with van der Waals surface area (Å²) in [7, 11) is 0. The van der Waals surface area contributed by atoms with Crippen molar-refractivity contribution in [2.75, 3.05) is 18.5 Å². The topological polar surface area (TPSA) is 88.9 Å². The van der Waals surface area contributed by atoms with Gasteiger partial charge >= 0.3 is 0 Å². The summed E-state index contributed by atoms with van der Waals surface area (Å²) in [5.74, 6) is -0.286. The summed E-state index contributed by atoms with van der Waals surface area (Å²) < 4.78 is 10.7. The maximum atomic E-state index is 12.3. The summed E-state index contributed by atoms with van der Waals surface area (Å²) in [6, 6.07) is 16.8. The van der Waals surface area contributed by atoms with E-state index >= 15 is 0 Å². The molecule has 3 aromatic rings. The summed E-state index contributed by atoms with van der Waals surface area (Å²) in [6.45, 7) is 0.274. The van der Waals surface area contributed by atoms with Crippen molar-refractivity contribution in [3.63, 3.8) is 0 Å². The van der Waals surface area contributed by atoms with Gasteiger partial charge in [0.15, 0.2) is 5.76 Å². The first-order chi connectivity index (χ1) is 13.6. The number of nitrogens with one attached hydrogen (secondary N) is 1. The molecule has 140 valence electrons. The largest absolute Gasteiger partial charge is 0.492 e. The Morgan fingerprint density at radius 1 is 0.964 bits per heavy atom. The lowest BCUT2D eigenvalue weighted by molar-refractivity contribution is 0.0631. The lowest BCUT2D eigenvalue weighted by Gasteiger charge is -2.14. The zero-order valence-electron chi connectivity index (χ0n) is 14.8. The van der Waals surface area contributed by atoms with Gasteiger partial charge in [0, 0.05) is 11.8 Å². The summed E-state index contributed by atoms with van der Waals surface area (Å²) in [6.07, 6.45) is 1.42. The number of imide groups is 1. The van der Waals surface area contributed by atoms with Gasteiger partial charge in [0.1, 0.15) is 12.4 Å². The van der Waals surface area contributed by atoms with E-state index in [0.717, 1.165) is 0 Å². The van der Waals surface area contributed by atoms with Crippen molar-refractivity contribution in [1.29, 1.82) is 0 Å². The van der Waals surface area contributed by atoms with Gasteiger partial charge < -0.3 is 14.5 Å². The number of nitrogens with zero attached hydrogens (tertiary/aromatic N) is 1. The molecule has 1 aliphatic heterocycles. The maximum absolute atomic E-state index is 12.3. The Morgan fingerprint density at radius 2 is 1.71 bits per heavy atom. The minimum atomic E-state index is -0.367. The third-order valence-electron chi connectivity index (χ3n) is 4.30. The van der Waals surface area contributed by atoms with Gasteiger partial charge in [-0.2, -0.15) is 0 Å². The molecule has 0 fully saturated rings. The molecule has 3 amide bonds. The zero-order chi connectivity index (χ0) is 19.5. The van der Waals surface area contributed by atoms with Gasteiger partial charge in [-0.15, -0.1) is 0 Å². The molecule has 0 aliphatic carbocycles. The average molecular weight is 376 g/mol. The van der Waals surface area contributed by atoms with Crippen LogP contribution in [0.1, 0.15) is 31.3 Å². The van der Waals surface area contributed by atoms with Gasteiger partial charge in [0.25, 0.3) is 17.7 Å². The molecule has 4 rings (SSSR count). The molecule has 0 bridgehead atoms. The first kappa shape index (κ1) is 17.5. The predicted octanol–water partition coefficient (Wildman–Crippen LogP) is 3.21. The predicted molar refractivity (Wildman–Crippen MR) is 100 cm³/mol. The van der Waals surface area contributed by atoms with E-state index in [-0.39, 0.29) is 36.6 Å². The van der Waals surface area contributed by atoms with E-state index in [9.17, 15) is 14.4 Å². The fourth-order valence-corrected chi connectivity index (χ4v) is 2.96. The molecule has 0 atom stereocenters. The summed E-state index contributed by atoms with van der Waals surface area (Å²) in [5, 5.41) is 2.71. The highest BCUT2D eigenvalue weighted by Gasteiger charge is 2.34. The van der Waals surface area contributed by atoms with Crippen molar-refractivity contribution in [3.8, 4) is 5.75 Å². The van der Waals surface area contributed by atoms with Crippen LogP contribution in [-0.2, 0) is 0 Å². The van der Waals surface area contributed by atoms with Crippen molar-refractivity contribution >= 4 is 23.4 Å². The molecule has 0 unspecified atom stereocenters. The Bertz CT molecular complexity index is 1010. The van der Waals surface area contributed by atoms with E-state index < -0.39 is 0 Å². The lowest BCUT2D eigenvalue weighted by atomic mass is 10.1. The monoisotopic (exact) mass is 376 g/mol. The van der Waals surface area contributed by atoms with Crippen LogP contribution in [0.25, 0.3) is 0 Å². The maximum Gasteiger partial charge on any atom is 0.291 e. The Hall–Kier alpha value is -3.87. The van der Waals surface area contributed by atoms with E-state index in [1.807, 2.05) is 0 Å². The Balaban J connectivity index is 1.35. The SMILES string of the molecule is O=C(Nc1cccc(OCCN2C(=O)c3ccccc3C2=O)c1)c1ccco1. The number of furan rings is 1. The third kappa shape index (κ3) is 3.37. The van der Waals surface area contributed by atoms with Crippen LogP contribution < -0.4 is 10.1 Å². The number of fused-ring (bicyclic) bond motifs is 1. The highest BCUT2D eigenvalue weighted by molar-refractivity contribution is 6.21. The van der Waals surface area contributed by atoms with Crippen LogP contribution in [-0.4, -0.2) is 35.8 Å². The van der Waals surface area contributed by atoms with E-state index in [2.05, 4.69) is 5.32 Å². The molecular formula is C21H16N2O5. The molecule has 0 radical (unpaired) electrons. The van der Waals surface area contributed by atoms with Gasteiger partial charge in [-0.05, 0) is 36.4 Å². The average Bonchev–Trinajstić information content (AvgIpc) is 3.32. The first-order valence-electron chi connectivity index (χ1n) is 8.66. The number of carbonyl (C=O) groups excluding carboxylic acids is 3. The van der Waals surface area contributed by atoms with Crippen molar-refractivity contribution in [2.24, 2.45) is 0 Å². The minimum Gasteiger partial charge on any atom is -0.492 e. The van der Waals surface area contributed by atoms with Crippen molar-refractivity contribution in [3.05, 3.63) is 83.8 Å². The van der Waals surface area contributed by atoms with Crippen molar-refractivity contribution < 1.29 is 23.5 Å². The standard InChI is InChI=1S/C21H16N2O5/c24-19(18-9-4-11-28-18)22-14-5-3-6-15(13-14)27-12-10-23-20(25)16-7-1-2-8-17(16)21(23)26/h1-9,11,13H,10,12H2,(H,22,24). The molecule has 2 aromatic carbocycles. The van der Waals surface area contributed by atoms with E-state index in [0.29, 0.717) is 22.6 Å². The number of anilines is 1. The van der Waals surface area contributed by atoms with Crippen LogP contribution >= 0.6 is 0 Å². The van der Waals surface area contributed by atoms with E-state index in [1.54, 1.807) is 60.7 Å². The third-order valence-corrected chi connectivity index (χ3v) is 4.30. The Kier molecular flexibility index (Phi) is 4.63. The second kappa shape index (κ2) is 7.40. The van der Waals surface area contributed by atoms with Crippen LogP contribution in [0.5, 0.6) is 5.75 Å². The molecular weight excluding hydrogens is 360 g/mol. The highest BCUT2D eigenvalue weighted by Crippen LogP contribution is 2.23. The second-order valence-electron chi connectivity index (χ2n) is 6.12. The number of hydrogen-bond donors (Lipinski definition) is 1. The smallest absolute Gasteiger partial charge is 0.291 e. The fourth-order valence-electron chi connectivity index (χ4n) is 2.96. The summed E-state index contributed by atoms with van der Waals surface area (Å²) in [5.41, 5.74) is 1.37. The van der Waals surface area contributed by atoms with Gasteiger partial charge in [-0.25, -0.2) is 0 Å². The number of rotatable bonds is 6. The van der Waals surface area contributed by atoms with Crippen LogP contribution in [0.3, 0.4) is 0 Å². The second-order valence-corrected chi connectivity index (χ2v) is 6.12. The zero-order valence-corrected chi connectivity index (χ0v) is 14.8. The summed E-state index contributed by atoms with van der Waals surface area (Å²) >= 11 is 0. The number of amides is 3. The Labute approximate surface area is 160 Å². The lowest BCUT2D eigenvalue weighted by Crippen LogP contribution is -2.33. The fraction of sp³-hybridized carbons (Fsp3) is 0.0952. The molecule has 0 spiro atoms. The van der Waals surface area contributed by atoms with Crippen LogP contribution in [0.2, 0.25) is 0 Å². The molecule has 1 N–H and O–H groups in total. The van der Waals surface area contributed by atoms with E-state index in [1.165, 1.54) is 11.2 Å². The van der Waals surface area contributed by atoms with Gasteiger partial charge in [0.2, 0.25) is 0 Å². The van der Waals surface area contributed by atoms with Gasteiger partial charge in [0.05, 0.1) is 23.9 Å². The van der Waals surface area contributed by atoms with Crippen LogP contribution in [0.15, 0.2) is 71.3 Å². The quantitative estimate of drug-likeness (QED) is 0.668. The number of benzene rings is 2. The minimum absolute atomic E-state index is 0.134. The van der Waals surface area contributed by atoms with Crippen molar-refractivity contribution in [2.45, 2.75) is 0 Å². The molecule has 2 heterocycles. The van der Waals surface area contributed by atoms with Crippen LogP contribution in [0, 0.1) is 0 Å². The Morgan fingerprint density at radius 3 is 2.39 bits per heavy atom. The van der Waals surface area contributed by atoms with Gasteiger partial charge in [-0.3, -0.25) is 19.3 Å². The molecule has 28 heavy (non-hydrogen) atoms. The highest BCUT2D eigenvalue weighted by atomic mass is 16.5. The van der Waals surface area contributed by atoms with E-state index in [4.69, 9.17) is 9.15 Å².